The van der Waals surface area contributed by atoms with Gasteiger partial charge in [-0.05, 0) is 59.2 Å². The van der Waals surface area contributed by atoms with Crippen LogP contribution in [0, 0.1) is 0 Å². The molecular weight excluding hydrogens is 250 g/mol. The van der Waals surface area contributed by atoms with E-state index in [1.54, 1.807) is 0 Å². The number of ether oxygens (including phenoxy) is 2. The standard InChI is InChI=1S/C17H29NO2/c1-16(2,3)18-10-11-19-15-9-7-8-14(12-15)13-20-17(4,5)6/h7-9,12,18H,10-11,13H2,1-6H3. The van der Waals surface area contributed by atoms with Crippen LogP contribution < -0.4 is 10.1 Å². The minimum atomic E-state index is -0.118. The smallest absolute Gasteiger partial charge is 0.119 e. The molecular formula is C17H29NO2. The van der Waals surface area contributed by atoms with E-state index in [1.807, 2.05) is 18.2 Å². The lowest BCUT2D eigenvalue weighted by molar-refractivity contribution is -0.0150. The molecule has 0 saturated carbocycles. The molecule has 1 rings (SSSR count). The third-order valence-electron chi connectivity index (χ3n) is 2.60. The highest BCUT2D eigenvalue weighted by Gasteiger charge is 2.10. The predicted molar refractivity (Wildman–Crippen MR) is 84.2 cm³/mol. The molecule has 1 aromatic carbocycles. The Kier molecular flexibility index (Phi) is 6.03. The summed E-state index contributed by atoms with van der Waals surface area (Å²) in [4.78, 5) is 0. The van der Waals surface area contributed by atoms with Crippen LogP contribution in [0.15, 0.2) is 24.3 Å². The van der Waals surface area contributed by atoms with Crippen LogP contribution in [0.5, 0.6) is 5.75 Å². The van der Waals surface area contributed by atoms with Crippen LogP contribution in [-0.2, 0) is 11.3 Å². The second-order valence-electron chi connectivity index (χ2n) is 7.07. The molecule has 0 spiro atoms. The van der Waals surface area contributed by atoms with Gasteiger partial charge >= 0.3 is 0 Å². The molecule has 0 aliphatic heterocycles. The van der Waals surface area contributed by atoms with Crippen LogP contribution in [0.3, 0.4) is 0 Å². The number of hydrogen-bond acceptors (Lipinski definition) is 3. The Morgan fingerprint density at radius 2 is 1.75 bits per heavy atom. The molecule has 0 atom stereocenters. The van der Waals surface area contributed by atoms with Crippen molar-refractivity contribution in [3.63, 3.8) is 0 Å². The Balaban J connectivity index is 2.40. The van der Waals surface area contributed by atoms with E-state index < -0.39 is 0 Å². The summed E-state index contributed by atoms with van der Waals surface area (Å²) in [6, 6.07) is 8.10. The van der Waals surface area contributed by atoms with Gasteiger partial charge in [-0.25, -0.2) is 0 Å². The van der Waals surface area contributed by atoms with Crippen LogP contribution in [0.1, 0.15) is 47.1 Å². The summed E-state index contributed by atoms with van der Waals surface area (Å²) in [5.41, 5.74) is 1.15. The van der Waals surface area contributed by atoms with Crippen LogP contribution in [0.2, 0.25) is 0 Å². The first-order valence-corrected chi connectivity index (χ1v) is 7.26. The third kappa shape index (κ3) is 8.18. The summed E-state index contributed by atoms with van der Waals surface area (Å²) in [7, 11) is 0. The summed E-state index contributed by atoms with van der Waals surface area (Å²) in [6.07, 6.45) is 0. The average molecular weight is 279 g/mol. The van der Waals surface area contributed by atoms with Crippen LogP contribution in [0.25, 0.3) is 0 Å². The van der Waals surface area contributed by atoms with Gasteiger partial charge in [0, 0.05) is 12.1 Å². The minimum absolute atomic E-state index is 0.118. The summed E-state index contributed by atoms with van der Waals surface area (Å²) >= 11 is 0. The monoisotopic (exact) mass is 279 g/mol. The van der Waals surface area contributed by atoms with Crippen LogP contribution in [-0.4, -0.2) is 24.3 Å². The lowest BCUT2D eigenvalue weighted by Gasteiger charge is -2.21. The molecule has 0 bridgehead atoms. The zero-order valence-corrected chi connectivity index (χ0v) is 13.7. The molecule has 1 aromatic rings. The maximum atomic E-state index is 5.77. The molecule has 1 N–H and O–H groups in total. The topological polar surface area (TPSA) is 30.5 Å². The molecule has 0 saturated heterocycles. The van der Waals surface area contributed by atoms with Gasteiger partial charge in [-0.2, -0.15) is 0 Å². The lowest BCUT2D eigenvalue weighted by atomic mass is 10.1. The maximum absolute atomic E-state index is 5.77. The second-order valence-corrected chi connectivity index (χ2v) is 7.07. The highest BCUT2D eigenvalue weighted by atomic mass is 16.5. The van der Waals surface area contributed by atoms with Crippen molar-refractivity contribution in [2.45, 2.75) is 59.3 Å². The van der Waals surface area contributed by atoms with Crippen molar-refractivity contribution in [2.24, 2.45) is 0 Å². The molecule has 0 aliphatic carbocycles. The van der Waals surface area contributed by atoms with Gasteiger partial charge in [0.1, 0.15) is 12.4 Å². The summed E-state index contributed by atoms with van der Waals surface area (Å²) in [5, 5.41) is 3.40. The van der Waals surface area contributed by atoms with Gasteiger partial charge in [-0.3, -0.25) is 0 Å². The maximum Gasteiger partial charge on any atom is 0.119 e. The quantitative estimate of drug-likeness (QED) is 0.804. The number of rotatable bonds is 6. The van der Waals surface area contributed by atoms with Gasteiger partial charge in [0.05, 0.1) is 12.2 Å². The van der Waals surface area contributed by atoms with Gasteiger partial charge in [0.15, 0.2) is 0 Å². The largest absolute Gasteiger partial charge is 0.492 e. The first-order chi connectivity index (χ1) is 9.16. The molecule has 0 radical (unpaired) electrons. The Bertz CT molecular complexity index is 402. The van der Waals surface area contributed by atoms with E-state index >= 15 is 0 Å². The van der Waals surface area contributed by atoms with Crippen molar-refractivity contribution in [3.05, 3.63) is 29.8 Å². The highest BCUT2D eigenvalue weighted by Crippen LogP contribution is 2.17. The van der Waals surface area contributed by atoms with Crippen molar-refractivity contribution in [3.8, 4) is 5.75 Å². The van der Waals surface area contributed by atoms with Gasteiger partial charge in [-0.15, -0.1) is 0 Å². The fourth-order valence-corrected chi connectivity index (χ4v) is 1.62. The Hall–Kier alpha value is -1.06. The average Bonchev–Trinajstić information content (AvgIpc) is 2.31. The summed E-state index contributed by atoms with van der Waals surface area (Å²) in [5.74, 6) is 0.899. The summed E-state index contributed by atoms with van der Waals surface area (Å²) < 4.78 is 11.5. The van der Waals surface area contributed by atoms with E-state index in [2.05, 4.69) is 52.9 Å². The fraction of sp³-hybridized carbons (Fsp3) is 0.647. The van der Waals surface area contributed by atoms with Gasteiger partial charge in [0.25, 0.3) is 0 Å². The minimum Gasteiger partial charge on any atom is -0.492 e. The van der Waals surface area contributed by atoms with Crippen LogP contribution in [0.4, 0.5) is 0 Å². The molecule has 0 heterocycles. The Morgan fingerprint density at radius 3 is 2.35 bits per heavy atom. The van der Waals surface area contributed by atoms with Gasteiger partial charge in [-0.1, -0.05) is 12.1 Å². The molecule has 3 heteroatoms. The van der Waals surface area contributed by atoms with E-state index in [0.717, 1.165) is 17.9 Å². The molecule has 0 aliphatic rings. The van der Waals surface area contributed by atoms with E-state index in [1.165, 1.54) is 0 Å². The zero-order valence-electron chi connectivity index (χ0n) is 13.7. The lowest BCUT2D eigenvalue weighted by Crippen LogP contribution is -2.38. The normalized spacial score (nSPS) is 12.5. The molecule has 0 unspecified atom stereocenters. The second kappa shape index (κ2) is 7.09. The Morgan fingerprint density at radius 1 is 1.05 bits per heavy atom. The van der Waals surface area contributed by atoms with Crippen molar-refractivity contribution in [1.82, 2.24) is 5.32 Å². The number of benzene rings is 1. The molecule has 0 fully saturated rings. The van der Waals surface area contributed by atoms with Gasteiger partial charge < -0.3 is 14.8 Å². The van der Waals surface area contributed by atoms with Crippen molar-refractivity contribution < 1.29 is 9.47 Å². The third-order valence-corrected chi connectivity index (χ3v) is 2.60. The highest BCUT2D eigenvalue weighted by molar-refractivity contribution is 5.28. The molecule has 20 heavy (non-hydrogen) atoms. The van der Waals surface area contributed by atoms with Crippen molar-refractivity contribution >= 4 is 0 Å². The molecule has 0 amide bonds. The zero-order chi connectivity index (χ0) is 15.2. The first kappa shape index (κ1) is 17.0. The van der Waals surface area contributed by atoms with E-state index in [9.17, 15) is 0 Å². The Labute approximate surface area is 123 Å². The SMILES string of the molecule is CC(C)(C)NCCOc1cccc(COC(C)(C)C)c1. The van der Waals surface area contributed by atoms with E-state index in [-0.39, 0.29) is 11.1 Å². The van der Waals surface area contributed by atoms with E-state index in [0.29, 0.717) is 13.2 Å². The van der Waals surface area contributed by atoms with Crippen LogP contribution >= 0.6 is 0 Å². The first-order valence-electron chi connectivity index (χ1n) is 7.26. The predicted octanol–water partition coefficient (Wildman–Crippen LogP) is 3.77. The molecule has 0 aromatic heterocycles. The summed E-state index contributed by atoms with van der Waals surface area (Å²) in [6.45, 7) is 14.8. The number of hydrogen-bond donors (Lipinski definition) is 1. The van der Waals surface area contributed by atoms with Gasteiger partial charge in [0.2, 0.25) is 0 Å². The molecule has 3 nitrogen and oxygen atoms in total. The molecule has 114 valence electrons. The van der Waals surface area contributed by atoms with E-state index in [4.69, 9.17) is 9.47 Å². The number of nitrogens with one attached hydrogen (secondary N) is 1. The van der Waals surface area contributed by atoms with Crippen molar-refractivity contribution in [1.29, 1.82) is 0 Å². The van der Waals surface area contributed by atoms with Crippen molar-refractivity contribution in [2.75, 3.05) is 13.2 Å². The fourth-order valence-electron chi connectivity index (χ4n) is 1.62.